The molecule has 0 aliphatic rings. The molecule has 0 radical (unpaired) electrons. The minimum atomic E-state index is -0.894. The van der Waals surface area contributed by atoms with Gasteiger partial charge in [0.25, 0.3) is 0 Å². The van der Waals surface area contributed by atoms with Crippen LogP contribution in [-0.2, 0) is 4.74 Å². The predicted octanol–water partition coefficient (Wildman–Crippen LogP) is 2.89. The van der Waals surface area contributed by atoms with Gasteiger partial charge >= 0.3 is 5.97 Å². The maximum Gasteiger partial charge on any atom is 0.361 e. The number of aromatic amines is 1. The molecule has 1 aromatic heterocycles. The average Bonchev–Trinajstić information content (AvgIpc) is 2.85. The highest BCUT2D eigenvalue weighted by atomic mass is 35.5. The van der Waals surface area contributed by atoms with E-state index < -0.39 is 17.6 Å². The molecule has 0 saturated heterocycles. The van der Waals surface area contributed by atoms with Crippen molar-refractivity contribution in [1.29, 1.82) is 0 Å². The Hall–Kier alpha value is -2.02. The van der Waals surface area contributed by atoms with Crippen LogP contribution in [0.4, 0.5) is 8.78 Å². The Balaban J connectivity index is 2.62. The molecule has 8 heteroatoms. The van der Waals surface area contributed by atoms with E-state index in [2.05, 4.69) is 15.4 Å². The first-order chi connectivity index (χ1) is 9.47. The van der Waals surface area contributed by atoms with Crippen LogP contribution in [-0.4, -0.2) is 28.0 Å². The first-order valence-electron chi connectivity index (χ1n) is 5.69. The standard InChI is InChI=1S/C12H10ClF2N3O2/c1-3-20-12(19)11-10(16-18-17-11)8-6(13)4-7(14)5(2)9(8)15/h4H,3H2,1-2H3,(H,16,17,18). The Morgan fingerprint density at radius 1 is 1.45 bits per heavy atom. The summed E-state index contributed by atoms with van der Waals surface area (Å²) in [6.07, 6.45) is 0. The number of halogens is 3. The molecule has 20 heavy (non-hydrogen) atoms. The van der Waals surface area contributed by atoms with Gasteiger partial charge in [0.05, 0.1) is 17.2 Å². The Labute approximate surface area is 117 Å². The van der Waals surface area contributed by atoms with Crippen LogP contribution in [0, 0.1) is 18.6 Å². The third-order valence-electron chi connectivity index (χ3n) is 2.65. The number of carbonyl (C=O) groups excluding carboxylic acids is 1. The molecule has 2 aromatic rings. The number of ether oxygens (including phenoxy) is 1. The fourth-order valence-electron chi connectivity index (χ4n) is 1.65. The van der Waals surface area contributed by atoms with Crippen molar-refractivity contribution >= 4 is 17.6 Å². The van der Waals surface area contributed by atoms with Crippen molar-refractivity contribution in [3.63, 3.8) is 0 Å². The molecular weight excluding hydrogens is 292 g/mol. The van der Waals surface area contributed by atoms with Gasteiger partial charge in [-0.05, 0) is 19.9 Å². The second-order valence-electron chi connectivity index (χ2n) is 3.90. The van der Waals surface area contributed by atoms with Crippen molar-refractivity contribution in [3.8, 4) is 11.3 Å². The molecule has 0 amide bonds. The Morgan fingerprint density at radius 3 is 2.80 bits per heavy atom. The zero-order chi connectivity index (χ0) is 14.9. The molecule has 0 aliphatic carbocycles. The maximum absolute atomic E-state index is 14.2. The first kappa shape index (κ1) is 14.4. The summed E-state index contributed by atoms with van der Waals surface area (Å²) in [6.45, 7) is 3.01. The van der Waals surface area contributed by atoms with Gasteiger partial charge in [0.1, 0.15) is 17.3 Å². The monoisotopic (exact) mass is 301 g/mol. The van der Waals surface area contributed by atoms with Crippen LogP contribution in [0.5, 0.6) is 0 Å². The zero-order valence-electron chi connectivity index (χ0n) is 10.6. The lowest BCUT2D eigenvalue weighted by molar-refractivity contribution is 0.0520. The fraction of sp³-hybridized carbons (Fsp3) is 0.250. The molecule has 2 rings (SSSR count). The van der Waals surface area contributed by atoms with E-state index >= 15 is 0 Å². The van der Waals surface area contributed by atoms with Crippen LogP contribution < -0.4 is 0 Å². The highest BCUT2D eigenvalue weighted by molar-refractivity contribution is 6.33. The van der Waals surface area contributed by atoms with Crippen molar-refractivity contribution < 1.29 is 18.3 Å². The van der Waals surface area contributed by atoms with E-state index in [4.69, 9.17) is 16.3 Å². The number of aromatic nitrogens is 3. The van der Waals surface area contributed by atoms with Gasteiger partial charge in [0.2, 0.25) is 0 Å². The number of benzene rings is 1. The number of hydrogen-bond donors (Lipinski definition) is 1. The van der Waals surface area contributed by atoms with Gasteiger partial charge < -0.3 is 4.74 Å². The minimum absolute atomic E-state index is 0.117. The number of hydrogen-bond acceptors (Lipinski definition) is 4. The first-order valence-corrected chi connectivity index (χ1v) is 6.07. The van der Waals surface area contributed by atoms with Gasteiger partial charge in [-0.3, -0.25) is 0 Å². The number of H-pyrrole nitrogens is 1. The Morgan fingerprint density at radius 2 is 2.15 bits per heavy atom. The quantitative estimate of drug-likeness (QED) is 0.885. The third kappa shape index (κ3) is 2.36. The van der Waals surface area contributed by atoms with Crippen molar-refractivity contribution in [1.82, 2.24) is 15.4 Å². The summed E-state index contributed by atoms with van der Waals surface area (Å²) in [6, 6.07) is 0.957. The SMILES string of the molecule is CCOC(=O)c1n[nH]nc1-c1c(Cl)cc(F)c(C)c1F. The van der Waals surface area contributed by atoms with E-state index in [1.807, 2.05) is 0 Å². The van der Waals surface area contributed by atoms with E-state index in [0.29, 0.717) is 0 Å². The maximum atomic E-state index is 14.2. The van der Waals surface area contributed by atoms with Crippen LogP contribution in [0.15, 0.2) is 6.07 Å². The molecule has 106 valence electrons. The van der Waals surface area contributed by atoms with Crippen LogP contribution in [0.3, 0.4) is 0 Å². The summed E-state index contributed by atoms with van der Waals surface area (Å²) in [5.41, 5.74) is -0.739. The molecular formula is C12H10ClF2N3O2. The van der Waals surface area contributed by atoms with E-state index in [0.717, 1.165) is 6.07 Å². The normalized spacial score (nSPS) is 10.7. The van der Waals surface area contributed by atoms with Crippen molar-refractivity contribution in [2.45, 2.75) is 13.8 Å². The Kier molecular flexibility index (Phi) is 3.99. The van der Waals surface area contributed by atoms with E-state index in [1.54, 1.807) is 6.92 Å². The van der Waals surface area contributed by atoms with Gasteiger partial charge in [-0.2, -0.15) is 10.3 Å². The van der Waals surface area contributed by atoms with Gasteiger partial charge in [0.15, 0.2) is 5.69 Å². The second kappa shape index (κ2) is 5.54. The molecule has 0 unspecified atom stereocenters. The van der Waals surface area contributed by atoms with Crippen LogP contribution >= 0.6 is 11.6 Å². The van der Waals surface area contributed by atoms with Gasteiger partial charge in [0, 0.05) is 5.56 Å². The molecule has 0 spiro atoms. The molecule has 5 nitrogen and oxygen atoms in total. The second-order valence-corrected chi connectivity index (χ2v) is 4.30. The smallest absolute Gasteiger partial charge is 0.361 e. The van der Waals surface area contributed by atoms with Gasteiger partial charge in [-0.15, -0.1) is 5.10 Å². The molecule has 0 saturated carbocycles. The van der Waals surface area contributed by atoms with Gasteiger partial charge in [-0.1, -0.05) is 11.6 Å². The lowest BCUT2D eigenvalue weighted by Crippen LogP contribution is -2.07. The third-order valence-corrected chi connectivity index (χ3v) is 2.95. The Bertz CT molecular complexity index is 673. The molecule has 0 atom stereocenters. The highest BCUT2D eigenvalue weighted by Crippen LogP contribution is 2.33. The number of rotatable bonds is 3. The highest BCUT2D eigenvalue weighted by Gasteiger charge is 2.25. The molecule has 0 bridgehead atoms. The summed E-state index contributed by atoms with van der Waals surface area (Å²) >= 11 is 5.84. The molecule has 1 N–H and O–H groups in total. The van der Waals surface area contributed by atoms with Crippen molar-refractivity contribution in [2.24, 2.45) is 0 Å². The van der Waals surface area contributed by atoms with E-state index in [-0.39, 0.29) is 34.1 Å². The number of esters is 1. The minimum Gasteiger partial charge on any atom is -0.461 e. The predicted molar refractivity (Wildman–Crippen MR) is 67.4 cm³/mol. The van der Waals surface area contributed by atoms with Crippen molar-refractivity contribution in [3.05, 3.63) is 34.0 Å². The summed E-state index contributed by atoms with van der Waals surface area (Å²) < 4.78 is 32.3. The summed E-state index contributed by atoms with van der Waals surface area (Å²) in [5, 5.41) is 9.32. The molecule has 1 heterocycles. The van der Waals surface area contributed by atoms with Crippen LogP contribution in [0.1, 0.15) is 23.0 Å². The largest absolute Gasteiger partial charge is 0.461 e. The van der Waals surface area contributed by atoms with Crippen molar-refractivity contribution in [2.75, 3.05) is 6.61 Å². The molecule has 0 fully saturated rings. The van der Waals surface area contributed by atoms with Crippen LogP contribution in [0.2, 0.25) is 5.02 Å². The molecule has 1 aromatic carbocycles. The topological polar surface area (TPSA) is 67.9 Å². The summed E-state index contributed by atoms with van der Waals surface area (Å²) in [5.74, 6) is -2.44. The number of carbonyl (C=O) groups is 1. The zero-order valence-corrected chi connectivity index (χ0v) is 11.4. The average molecular weight is 302 g/mol. The van der Waals surface area contributed by atoms with E-state index in [9.17, 15) is 13.6 Å². The van der Waals surface area contributed by atoms with E-state index in [1.165, 1.54) is 6.92 Å². The summed E-state index contributed by atoms with van der Waals surface area (Å²) in [7, 11) is 0. The fourth-order valence-corrected chi connectivity index (χ4v) is 1.92. The lowest BCUT2D eigenvalue weighted by atomic mass is 10.1. The van der Waals surface area contributed by atoms with Crippen LogP contribution in [0.25, 0.3) is 11.3 Å². The summed E-state index contributed by atoms with van der Waals surface area (Å²) in [4.78, 5) is 11.7. The lowest BCUT2D eigenvalue weighted by Gasteiger charge is -2.08. The molecule has 0 aliphatic heterocycles. The van der Waals surface area contributed by atoms with Gasteiger partial charge in [-0.25, -0.2) is 13.6 Å². The number of nitrogens with zero attached hydrogens (tertiary/aromatic N) is 2. The number of nitrogens with one attached hydrogen (secondary N) is 1.